The first-order chi connectivity index (χ1) is 12.2. The Morgan fingerprint density at radius 2 is 1.22 bits per heavy atom. The lowest BCUT2D eigenvalue weighted by molar-refractivity contribution is -0.383. The monoisotopic (exact) mass is 379 g/mol. The van der Waals surface area contributed by atoms with Gasteiger partial charge in [0.2, 0.25) is 12.8 Å². The lowest BCUT2D eigenvalue weighted by atomic mass is 10.3. The van der Waals surface area contributed by atoms with E-state index >= 15 is 0 Å². The fourth-order valence-electron chi connectivity index (χ4n) is 1.42. The van der Waals surface area contributed by atoms with Crippen LogP contribution in [0.15, 0.2) is 54.6 Å². The molecule has 0 heterocycles. The van der Waals surface area contributed by atoms with E-state index < -0.39 is 4.92 Å². The molecule has 2 aromatic carbocycles. The van der Waals surface area contributed by atoms with E-state index in [0.29, 0.717) is 12.8 Å². The van der Waals surface area contributed by atoms with Crippen molar-refractivity contribution in [1.29, 1.82) is 0 Å². The topological polar surface area (TPSA) is 101 Å². The van der Waals surface area contributed by atoms with Gasteiger partial charge in [0.15, 0.2) is 0 Å². The maximum atomic E-state index is 10.3. The van der Waals surface area contributed by atoms with Gasteiger partial charge >= 0.3 is 0 Å². The standard InChI is InChI=1S/C7H6N2O3.C7H7NO.2C2H6.2CH4/c10-5-8-6-3-1-2-4-7(6)9(11)12;9-6-8-7-4-2-1-3-5-7;2*1-2;;/h1-5H,(H,8,10);1-6H,(H,8,9);2*1-2H3;2*1H4. The minimum absolute atomic E-state index is 0. The first-order valence-electron chi connectivity index (χ1n) is 7.88. The van der Waals surface area contributed by atoms with E-state index in [9.17, 15) is 19.7 Å². The van der Waals surface area contributed by atoms with Crippen LogP contribution in [-0.2, 0) is 9.59 Å². The molecule has 7 heteroatoms. The van der Waals surface area contributed by atoms with Crippen LogP contribution >= 0.6 is 0 Å². The highest BCUT2D eigenvalue weighted by Crippen LogP contribution is 2.21. The third kappa shape index (κ3) is 14.8. The second-order valence-electron chi connectivity index (χ2n) is 3.66. The van der Waals surface area contributed by atoms with Gasteiger partial charge in [0.25, 0.3) is 5.69 Å². The Morgan fingerprint density at radius 1 is 0.778 bits per heavy atom. The van der Waals surface area contributed by atoms with E-state index in [2.05, 4.69) is 10.6 Å². The van der Waals surface area contributed by atoms with E-state index in [-0.39, 0.29) is 26.2 Å². The van der Waals surface area contributed by atoms with Gasteiger partial charge in [-0.05, 0) is 18.2 Å². The molecule has 0 saturated heterocycles. The van der Waals surface area contributed by atoms with E-state index in [4.69, 9.17) is 0 Å². The van der Waals surface area contributed by atoms with Crippen molar-refractivity contribution in [2.24, 2.45) is 0 Å². The van der Waals surface area contributed by atoms with Crippen molar-refractivity contribution in [2.75, 3.05) is 10.6 Å². The van der Waals surface area contributed by atoms with Crippen molar-refractivity contribution in [3.8, 4) is 0 Å². The zero-order valence-electron chi connectivity index (χ0n) is 14.9. The minimum atomic E-state index is -0.550. The lowest BCUT2D eigenvalue weighted by Crippen LogP contribution is -1.98. The van der Waals surface area contributed by atoms with Gasteiger partial charge in [0.1, 0.15) is 5.69 Å². The Bertz CT molecular complexity index is 605. The van der Waals surface area contributed by atoms with Gasteiger partial charge < -0.3 is 10.6 Å². The summed E-state index contributed by atoms with van der Waals surface area (Å²) in [5.41, 5.74) is 0.926. The van der Waals surface area contributed by atoms with Gasteiger partial charge in [-0.3, -0.25) is 19.7 Å². The average Bonchev–Trinajstić information content (AvgIpc) is 2.67. The third-order valence-corrected chi connectivity index (χ3v) is 2.31. The van der Waals surface area contributed by atoms with Crippen LogP contribution in [0.25, 0.3) is 0 Å². The smallest absolute Gasteiger partial charge is 0.292 e. The summed E-state index contributed by atoms with van der Waals surface area (Å²) in [5.74, 6) is 0. The molecule has 152 valence electrons. The van der Waals surface area contributed by atoms with Crippen LogP contribution in [0.3, 0.4) is 0 Å². The molecule has 2 N–H and O–H groups in total. The summed E-state index contributed by atoms with van der Waals surface area (Å²) in [4.78, 5) is 29.7. The first kappa shape index (κ1) is 31.5. The van der Waals surface area contributed by atoms with E-state index in [0.717, 1.165) is 5.69 Å². The molecule has 0 fully saturated rings. The molecule has 2 amide bonds. The van der Waals surface area contributed by atoms with Gasteiger partial charge in [0.05, 0.1) is 4.92 Å². The number of carbonyl (C=O) groups excluding carboxylic acids is 2. The molecule has 0 saturated carbocycles. The van der Waals surface area contributed by atoms with E-state index in [1.807, 2.05) is 58.0 Å². The number of hydrogen-bond donors (Lipinski definition) is 2. The number of nitrogens with zero attached hydrogens (tertiary/aromatic N) is 1. The Labute approximate surface area is 163 Å². The minimum Gasteiger partial charge on any atom is -0.329 e. The number of amides is 2. The zero-order chi connectivity index (χ0) is 19.5. The highest BCUT2D eigenvalue weighted by Gasteiger charge is 2.10. The Balaban J connectivity index is -0.000000159. The van der Waals surface area contributed by atoms with Crippen molar-refractivity contribution in [3.63, 3.8) is 0 Å². The molecule has 0 aliphatic rings. The number of para-hydroxylation sites is 3. The van der Waals surface area contributed by atoms with Crippen LogP contribution in [-0.4, -0.2) is 17.7 Å². The molecule has 0 radical (unpaired) electrons. The SMILES string of the molecule is C.C.CC.CC.O=CNc1ccccc1.O=CNc1ccccc1[N+](=O)[O-]. The average molecular weight is 380 g/mol. The molecule has 27 heavy (non-hydrogen) atoms. The summed E-state index contributed by atoms with van der Waals surface area (Å²) >= 11 is 0. The number of anilines is 2. The summed E-state index contributed by atoms with van der Waals surface area (Å²) in [6, 6.07) is 15.2. The van der Waals surface area contributed by atoms with Crippen molar-refractivity contribution in [3.05, 3.63) is 64.7 Å². The fraction of sp³-hybridized carbons (Fsp3) is 0.300. The second kappa shape index (κ2) is 22.8. The maximum absolute atomic E-state index is 10.3. The van der Waals surface area contributed by atoms with Crippen molar-refractivity contribution >= 4 is 29.9 Å². The zero-order valence-corrected chi connectivity index (χ0v) is 14.9. The molecule has 0 spiro atoms. The van der Waals surface area contributed by atoms with Gasteiger partial charge in [0, 0.05) is 11.8 Å². The normalized spacial score (nSPS) is 7.26. The summed E-state index contributed by atoms with van der Waals surface area (Å²) in [7, 11) is 0. The van der Waals surface area contributed by atoms with Crippen molar-refractivity contribution in [1.82, 2.24) is 0 Å². The second-order valence-corrected chi connectivity index (χ2v) is 3.66. The van der Waals surface area contributed by atoms with Crippen LogP contribution in [0.4, 0.5) is 17.1 Å². The number of carbonyl (C=O) groups is 2. The predicted octanol–water partition coefficient (Wildman–Crippen LogP) is 5.74. The molecule has 0 aliphatic carbocycles. The molecule has 0 bridgehead atoms. The van der Waals surface area contributed by atoms with Crippen molar-refractivity contribution in [2.45, 2.75) is 42.5 Å². The molecule has 0 atom stereocenters. The molecule has 0 aromatic heterocycles. The van der Waals surface area contributed by atoms with Gasteiger partial charge in [-0.25, -0.2) is 0 Å². The molecule has 7 nitrogen and oxygen atoms in total. The summed E-state index contributed by atoms with van der Waals surface area (Å²) in [5, 5.41) is 15.1. The number of hydrogen-bond acceptors (Lipinski definition) is 4. The van der Waals surface area contributed by atoms with Crippen molar-refractivity contribution < 1.29 is 14.5 Å². The number of rotatable bonds is 5. The summed E-state index contributed by atoms with van der Waals surface area (Å²) in [6.07, 6.45) is 1.07. The lowest BCUT2D eigenvalue weighted by Gasteiger charge is -1.98. The fourth-order valence-corrected chi connectivity index (χ4v) is 1.42. The summed E-state index contributed by atoms with van der Waals surface area (Å²) < 4.78 is 0. The van der Waals surface area contributed by atoms with Gasteiger partial charge in [-0.15, -0.1) is 0 Å². The number of nitro benzene ring substituents is 1. The van der Waals surface area contributed by atoms with Crippen LogP contribution in [0.5, 0.6) is 0 Å². The Kier molecular flexibility index (Phi) is 26.6. The van der Waals surface area contributed by atoms with Gasteiger partial charge in [-0.1, -0.05) is 72.9 Å². The highest BCUT2D eigenvalue weighted by molar-refractivity contribution is 5.77. The molecule has 0 aliphatic heterocycles. The predicted molar refractivity (Wildman–Crippen MR) is 115 cm³/mol. The van der Waals surface area contributed by atoms with E-state index in [1.165, 1.54) is 18.2 Å². The van der Waals surface area contributed by atoms with Crippen LogP contribution < -0.4 is 10.6 Å². The largest absolute Gasteiger partial charge is 0.329 e. The molecule has 2 aromatic rings. The Morgan fingerprint density at radius 3 is 1.67 bits per heavy atom. The third-order valence-electron chi connectivity index (χ3n) is 2.31. The highest BCUT2D eigenvalue weighted by atomic mass is 16.6. The molecular formula is C20H33N3O4. The first-order valence-corrected chi connectivity index (χ1v) is 7.88. The number of nitro groups is 1. The number of nitrogens with one attached hydrogen (secondary N) is 2. The number of benzene rings is 2. The quantitative estimate of drug-likeness (QED) is 0.393. The maximum Gasteiger partial charge on any atom is 0.292 e. The van der Waals surface area contributed by atoms with Gasteiger partial charge in [-0.2, -0.15) is 0 Å². The van der Waals surface area contributed by atoms with E-state index in [1.54, 1.807) is 6.07 Å². The van der Waals surface area contributed by atoms with Crippen LogP contribution in [0.2, 0.25) is 0 Å². The van der Waals surface area contributed by atoms with Crippen LogP contribution in [0.1, 0.15) is 42.5 Å². The molecule has 0 unspecified atom stereocenters. The summed E-state index contributed by atoms with van der Waals surface area (Å²) in [6.45, 7) is 8.00. The van der Waals surface area contributed by atoms with Crippen LogP contribution in [0, 0.1) is 10.1 Å². The molecular weight excluding hydrogens is 346 g/mol. The molecule has 2 rings (SSSR count). The Hall–Kier alpha value is -3.22.